The van der Waals surface area contributed by atoms with Crippen molar-refractivity contribution in [3.8, 4) is 0 Å². The second-order valence-electron chi connectivity index (χ2n) is 3.37. The van der Waals surface area contributed by atoms with Gasteiger partial charge in [-0.3, -0.25) is 4.79 Å². The predicted octanol–water partition coefficient (Wildman–Crippen LogP) is 1.53. The summed E-state index contributed by atoms with van der Waals surface area (Å²) in [5.74, 6) is -2.12. The van der Waals surface area contributed by atoms with Gasteiger partial charge in [0, 0.05) is 5.57 Å². The Morgan fingerprint density at radius 2 is 2.40 bits per heavy atom. The number of carboxylic acids is 1. The molecule has 1 rings (SSSR count). The molecule has 15 heavy (non-hydrogen) atoms. The van der Waals surface area contributed by atoms with Gasteiger partial charge < -0.3 is 9.84 Å². The Hall–Kier alpha value is -1.58. The average Bonchev–Trinajstić information content (AvgIpc) is 2.25. The molecule has 0 fully saturated rings. The summed E-state index contributed by atoms with van der Waals surface area (Å²) >= 11 is 0. The van der Waals surface area contributed by atoms with Gasteiger partial charge in [-0.05, 0) is 19.3 Å². The number of carboxylic acid groups (broad SMARTS) is 1. The lowest BCUT2D eigenvalue weighted by molar-refractivity contribution is -0.148. The Labute approximate surface area is 88.2 Å². The largest absolute Gasteiger partial charge is 0.478 e. The molecule has 0 amide bonds. The van der Waals surface area contributed by atoms with Crippen LogP contribution >= 0.6 is 0 Å². The molecule has 0 radical (unpaired) electrons. The smallest absolute Gasteiger partial charge is 0.332 e. The Morgan fingerprint density at radius 1 is 1.67 bits per heavy atom. The number of ether oxygens (including phenoxy) is 1. The van der Waals surface area contributed by atoms with Crippen molar-refractivity contribution < 1.29 is 19.4 Å². The van der Waals surface area contributed by atoms with E-state index in [0.29, 0.717) is 12.8 Å². The highest BCUT2D eigenvalue weighted by Gasteiger charge is 2.30. The van der Waals surface area contributed by atoms with Crippen LogP contribution in [0.4, 0.5) is 0 Å². The third-order valence-corrected chi connectivity index (χ3v) is 2.31. The molecular formula is C11H14O4. The van der Waals surface area contributed by atoms with E-state index in [9.17, 15) is 9.59 Å². The minimum absolute atomic E-state index is 0.127. The summed E-state index contributed by atoms with van der Waals surface area (Å²) in [6.07, 6.45) is 5.15. The molecule has 1 atom stereocenters. The third kappa shape index (κ3) is 2.94. The fourth-order valence-electron chi connectivity index (χ4n) is 1.60. The van der Waals surface area contributed by atoms with Crippen molar-refractivity contribution >= 4 is 11.9 Å². The van der Waals surface area contributed by atoms with Crippen molar-refractivity contribution in [3.05, 3.63) is 24.3 Å². The molecule has 0 aromatic carbocycles. The molecule has 0 aromatic heterocycles. The van der Waals surface area contributed by atoms with Crippen molar-refractivity contribution in [1.29, 1.82) is 0 Å². The van der Waals surface area contributed by atoms with Crippen LogP contribution in [0.2, 0.25) is 0 Å². The molecular weight excluding hydrogens is 196 g/mol. The van der Waals surface area contributed by atoms with Crippen LogP contribution in [-0.4, -0.2) is 23.7 Å². The Bertz CT molecular complexity index is 304. The zero-order chi connectivity index (χ0) is 11.3. The van der Waals surface area contributed by atoms with Crippen LogP contribution in [0.15, 0.2) is 24.3 Å². The second kappa shape index (κ2) is 5.34. The van der Waals surface area contributed by atoms with E-state index in [1.165, 1.54) is 6.08 Å². The fraction of sp³-hybridized carbons (Fsp3) is 0.455. The summed E-state index contributed by atoms with van der Waals surface area (Å²) in [6, 6.07) is 0. The van der Waals surface area contributed by atoms with E-state index in [-0.39, 0.29) is 12.2 Å². The maximum Gasteiger partial charge on any atom is 0.332 e. The zero-order valence-electron chi connectivity index (χ0n) is 8.44. The van der Waals surface area contributed by atoms with E-state index in [0.717, 1.165) is 6.42 Å². The van der Waals surface area contributed by atoms with Gasteiger partial charge in [-0.2, -0.15) is 0 Å². The lowest BCUT2D eigenvalue weighted by atomic mass is 9.88. The number of rotatable bonds is 4. The van der Waals surface area contributed by atoms with Crippen molar-refractivity contribution in [3.63, 3.8) is 0 Å². The third-order valence-electron chi connectivity index (χ3n) is 2.31. The number of allylic oxidation sites excluding steroid dienone is 1. The number of carbonyl (C=O) groups is 2. The summed E-state index contributed by atoms with van der Waals surface area (Å²) in [6.45, 7) is 3.55. The molecule has 0 saturated heterocycles. The minimum Gasteiger partial charge on any atom is -0.478 e. The SMILES string of the molecule is C=CCOC(=O)C1CCCC=C1C(=O)O. The minimum atomic E-state index is -1.03. The van der Waals surface area contributed by atoms with Gasteiger partial charge in [0.05, 0.1) is 5.92 Å². The number of hydrogen-bond acceptors (Lipinski definition) is 3. The van der Waals surface area contributed by atoms with Gasteiger partial charge in [0.25, 0.3) is 0 Å². The van der Waals surface area contributed by atoms with Crippen molar-refractivity contribution in [1.82, 2.24) is 0 Å². The normalized spacial score (nSPS) is 20.3. The first kappa shape index (κ1) is 11.5. The molecule has 1 N–H and O–H groups in total. The van der Waals surface area contributed by atoms with E-state index < -0.39 is 17.9 Å². The molecule has 0 bridgehead atoms. The van der Waals surface area contributed by atoms with Crippen molar-refractivity contribution in [2.45, 2.75) is 19.3 Å². The van der Waals surface area contributed by atoms with Gasteiger partial charge in [0.15, 0.2) is 0 Å². The first-order chi connectivity index (χ1) is 7.16. The number of carbonyl (C=O) groups excluding carboxylic acids is 1. The van der Waals surface area contributed by atoms with Gasteiger partial charge in [-0.15, -0.1) is 0 Å². The van der Waals surface area contributed by atoms with Gasteiger partial charge in [0.2, 0.25) is 0 Å². The highest BCUT2D eigenvalue weighted by molar-refractivity contribution is 5.94. The topological polar surface area (TPSA) is 63.6 Å². The van der Waals surface area contributed by atoms with E-state index in [4.69, 9.17) is 9.84 Å². The van der Waals surface area contributed by atoms with Crippen LogP contribution in [0, 0.1) is 5.92 Å². The maximum atomic E-state index is 11.5. The Balaban J connectivity index is 2.69. The molecule has 4 heteroatoms. The van der Waals surface area contributed by atoms with Crippen LogP contribution in [-0.2, 0) is 14.3 Å². The van der Waals surface area contributed by atoms with Gasteiger partial charge >= 0.3 is 11.9 Å². The van der Waals surface area contributed by atoms with Crippen LogP contribution < -0.4 is 0 Å². The van der Waals surface area contributed by atoms with Gasteiger partial charge in [-0.25, -0.2) is 4.79 Å². The van der Waals surface area contributed by atoms with Crippen LogP contribution in [0.3, 0.4) is 0 Å². The van der Waals surface area contributed by atoms with Crippen LogP contribution in [0.5, 0.6) is 0 Å². The predicted molar refractivity (Wildman–Crippen MR) is 54.2 cm³/mol. The molecule has 0 saturated carbocycles. The summed E-state index contributed by atoms with van der Waals surface area (Å²) < 4.78 is 4.85. The Morgan fingerprint density at radius 3 is 3.00 bits per heavy atom. The molecule has 4 nitrogen and oxygen atoms in total. The van der Waals surface area contributed by atoms with E-state index in [2.05, 4.69) is 6.58 Å². The van der Waals surface area contributed by atoms with E-state index in [1.54, 1.807) is 6.08 Å². The maximum absolute atomic E-state index is 11.5. The molecule has 1 aliphatic carbocycles. The zero-order valence-corrected chi connectivity index (χ0v) is 8.44. The van der Waals surface area contributed by atoms with E-state index >= 15 is 0 Å². The molecule has 1 aliphatic rings. The lowest BCUT2D eigenvalue weighted by Crippen LogP contribution is -2.25. The number of aliphatic carboxylic acids is 1. The van der Waals surface area contributed by atoms with Gasteiger partial charge in [0.1, 0.15) is 6.61 Å². The summed E-state index contributed by atoms with van der Waals surface area (Å²) in [7, 11) is 0. The van der Waals surface area contributed by atoms with Crippen LogP contribution in [0.1, 0.15) is 19.3 Å². The molecule has 1 unspecified atom stereocenters. The van der Waals surface area contributed by atoms with Crippen LogP contribution in [0.25, 0.3) is 0 Å². The summed E-state index contributed by atoms with van der Waals surface area (Å²) in [5, 5.41) is 8.89. The standard InChI is InChI=1S/C11H14O4/c1-2-7-15-11(14)9-6-4-3-5-8(9)10(12)13/h2,5,9H,1,3-4,6-7H2,(H,12,13). The lowest BCUT2D eigenvalue weighted by Gasteiger charge is -2.19. The van der Waals surface area contributed by atoms with Gasteiger partial charge in [-0.1, -0.05) is 18.7 Å². The monoisotopic (exact) mass is 210 g/mol. The molecule has 0 spiro atoms. The summed E-state index contributed by atoms with van der Waals surface area (Å²) in [5.41, 5.74) is 0.162. The average molecular weight is 210 g/mol. The summed E-state index contributed by atoms with van der Waals surface area (Å²) in [4.78, 5) is 22.3. The fourth-order valence-corrected chi connectivity index (χ4v) is 1.60. The molecule has 0 aromatic rings. The van der Waals surface area contributed by atoms with E-state index in [1.807, 2.05) is 0 Å². The quantitative estimate of drug-likeness (QED) is 0.564. The molecule has 0 aliphatic heterocycles. The number of esters is 1. The second-order valence-corrected chi connectivity index (χ2v) is 3.37. The highest BCUT2D eigenvalue weighted by atomic mass is 16.5. The van der Waals surface area contributed by atoms with Crippen molar-refractivity contribution in [2.24, 2.45) is 5.92 Å². The van der Waals surface area contributed by atoms with Crippen molar-refractivity contribution in [2.75, 3.05) is 6.61 Å². The Kier molecular flexibility index (Phi) is 4.09. The first-order valence-corrected chi connectivity index (χ1v) is 4.87. The molecule has 82 valence electrons. The number of hydrogen-bond donors (Lipinski definition) is 1. The highest BCUT2D eigenvalue weighted by Crippen LogP contribution is 2.26. The first-order valence-electron chi connectivity index (χ1n) is 4.87. The molecule has 0 heterocycles.